The van der Waals surface area contributed by atoms with Crippen LogP contribution in [0.15, 0.2) is 11.1 Å². The van der Waals surface area contributed by atoms with Gasteiger partial charge in [-0.3, -0.25) is 0 Å². The Morgan fingerprint density at radius 2 is 2.42 bits per heavy atom. The van der Waals surface area contributed by atoms with Crippen LogP contribution in [-0.4, -0.2) is 23.0 Å². The molecule has 2 heterocycles. The average molecular weight is 181 g/mol. The number of anilines is 1. The summed E-state index contributed by atoms with van der Waals surface area (Å²) >= 11 is 1.64. The van der Waals surface area contributed by atoms with Crippen molar-refractivity contribution < 1.29 is 0 Å². The molecule has 1 N–H and O–H groups in total. The molecule has 1 aromatic heterocycles. The summed E-state index contributed by atoms with van der Waals surface area (Å²) in [5.41, 5.74) is 1.31. The minimum Gasteiger partial charge on any atom is -0.368 e. The zero-order chi connectivity index (χ0) is 8.39. The van der Waals surface area contributed by atoms with Crippen LogP contribution in [0.3, 0.4) is 0 Å². The Bertz CT molecular complexity index is 288. The number of nitrogens with zero attached hydrogens (tertiary/aromatic N) is 2. The molecule has 0 saturated carbocycles. The highest BCUT2D eigenvalue weighted by atomic mass is 32.2. The Kier molecular flexibility index (Phi) is 2.17. The van der Waals surface area contributed by atoms with Crippen molar-refractivity contribution in [3.8, 4) is 0 Å². The SMILES string of the molecule is CSc1cc2c(nn1)NCCC2. The fourth-order valence-electron chi connectivity index (χ4n) is 1.33. The van der Waals surface area contributed by atoms with E-state index in [0.29, 0.717) is 0 Å². The van der Waals surface area contributed by atoms with E-state index in [9.17, 15) is 0 Å². The standard InChI is InChI=1S/C8H11N3S/c1-12-7-5-6-3-2-4-9-8(6)11-10-7/h5H,2-4H2,1H3,(H,9,11). The number of hydrogen-bond donors (Lipinski definition) is 1. The molecule has 0 saturated heterocycles. The van der Waals surface area contributed by atoms with Crippen molar-refractivity contribution in [1.29, 1.82) is 0 Å². The van der Waals surface area contributed by atoms with Crippen molar-refractivity contribution in [2.24, 2.45) is 0 Å². The van der Waals surface area contributed by atoms with Gasteiger partial charge < -0.3 is 5.32 Å². The summed E-state index contributed by atoms with van der Waals surface area (Å²) in [6, 6.07) is 2.12. The van der Waals surface area contributed by atoms with Gasteiger partial charge in [-0.1, -0.05) is 0 Å². The first-order valence-electron chi connectivity index (χ1n) is 4.04. The summed E-state index contributed by atoms with van der Waals surface area (Å²) < 4.78 is 0. The van der Waals surface area contributed by atoms with Crippen LogP contribution in [0, 0.1) is 0 Å². The molecule has 1 aliphatic heterocycles. The number of thioether (sulfide) groups is 1. The highest BCUT2D eigenvalue weighted by Crippen LogP contribution is 2.21. The molecule has 0 radical (unpaired) electrons. The maximum absolute atomic E-state index is 4.11. The largest absolute Gasteiger partial charge is 0.368 e. The van der Waals surface area contributed by atoms with Crippen molar-refractivity contribution >= 4 is 17.6 Å². The van der Waals surface area contributed by atoms with Crippen molar-refractivity contribution in [1.82, 2.24) is 10.2 Å². The molecule has 0 aliphatic carbocycles. The molecule has 0 unspecified atom stereocenters. The highest BCUT2D eigenvalue weighted by molar-refractivity contribution is 7.98. The maximum Gasteiger partial charge on any atom is 0.151 e. The maximum atomic E-state index is 4.11. The smallest absolute Gasteiger partial charge is 0.151 e. The number of aryl methyl sites for hydroxylation is 1. The minimum atomic E-state index is 0.971. The second-order valence-electron chi connectivity index (χ2n) is 2.79. The van der Waals surface area contributed by atoms with E-state index < -0.39 is 0 Å². The van der Waals surface area contributed by atoms with Gasteiger partial charge in [0.05, 0.1) is 0 Å². The van der Waals surface area contributed by atoms with Gasteiger partial charge in [0.15, 0.2) is 5.82 Å². The van der Waals surface area contributed by atoms with Crippen LogP contribution in [0.1, 0.15) is 12.0 Å². The third-order valence-electron chi connectivity index (χ3n) is 1.97. The lowest BCUT2D eigenvalue weighted by Crippen LogP contribution is -2.14. The van der Waals surface area contributed by atoms with Gasteiger partial charge in [0.25, 0.3) is 0 Å². The second kappa shape index (κ2) is 3.31. The monoisotopic (exact) mass is 181 g/mol. The summed E-state index contributed by atoms with van der Waals surface area (Å²) in [5.74, 6) is 0.971. The van der Waals surface area contributed by atoms with Crippen LogP contribution in [0.2, 0.25) is 0 Å². The molecular weight excluding hydrogens is 170 g/mol. The number of rotatable bonds is 1. The predicted molar refractivity (Wildman–Crippen MR) is 50.6 cm³/mol. The summed E-state index contributed by atoms with van der Waals surface area (Å²) in [5, 5.41) is 12.4. The van der Waals surface area contributed by atoms with Crippen LogP contribution in [0.4, 0.5) is 5.82 Å². The average Bonchev–Trinajstić information content (AvgIpc) is 2.17. The quantitative estimate of drug-likeness (QED) is 0.667. The fraction of sp³-hybridized carbons (Fsp3) is 0.500. The summed E-state index contributed by atoms with van der Waals surface area (Å²) in [6.45, 7) is 1.03. The van der Waals surface area contributed by atoms with E-state index in [-0.39, 0.29) is 0 Å². The van der Waals surface area contributed by atoms with E-state index in [1.807, 2.05) is 6.26 Å². The van der Waals surface area contributed by atoms with Gasteiger partial charge in [0, 0.05) is 6.54 Å². The molecule has 4 heteroatoms. The van der Waals surface area contributed by atoms with Crippen LogP contribution < -0.4 is 5.32 Å². The number of nitrogens with one attached hydrogen (secondary N) is 1. The zero-order valence-electron chi connectivity index (χ0n) is 7.00. The topological polar surface area (TPSA) is 37.8 Å². The van der Waals surface area contributed by atoms with Gasteiger partial charge in [0.1, 0.15) is 5.03 Å². The Labute approximate surface area is 76.0 Å². The van der Waals surface area contributed by atoms with Crippen molar-refractivity contribution in [2.45, 2.75) is 17.9 Å². The molecule has 0 fully saturated rings. The molecule has 0 atom stereocenters. The van der Waals surface area contributed by atoms with E-state index in [0.717, 1.165) is 23.8 Å². The third-order valence-corrected chi connectivity index (χ3v) is 2.59. The molecule has 64 valence electrons. The lowest BCUT2D eigenvalue weighted by molar-refractivity contribution is 0.782. The molecule has 3 nitrogen and oxygen atoms in total. The second-order valence-corrected chi connectivity index (χ2v) is 3.62. The van der Waals surface area contributed by atoms with Gasteiger partial charge in [-0.15, -0.1) is 22.0 Å². The van der Waals surface area contributed by atoms with E-state index in [2.05, 4.69) is 21.6 Å². The Balaban J connectivity index is 2.36. The first-order chi connectivity index (χ1) is 5.90. The molecule has 0 spiro atoms. The minimum absolute atomic E-state index is 0.971. The van der Waals surface area contributed by atoms with Crippen molar-refractivity contribution in [2.75, 3.05) is 18.1 Å². The molecule has 0 bridgehead atoms. The molecule has 1 aliphatic rings. The lowest BCUT2D eigenvalue weighted by Gasteiger charge is -2.15. The molecule has 1 aromatic rings. The van der Waals surface area contributed by atoms with E-state index in [4.69, 9.17) is 0 Å². The van der Waals surface area contributed by atoms with E-state index in [1.165, 1.54) is 12.0 Å². The Morgan fingerprint density at radius 1 is 1.50 bits per heavy atom. The van der Waals surface area contributed by atoms with Gasteiger partial charge >= 0.3 is 0 Å². The Morgan fingerprint density at radius 3 is 3.25 bits per heavy atom. The fourth-order valence-corrected chi connectivity index (χ4v) is 1.72. The van der Waals surface area contributed by atoms with E-state index in [1.54, 1.807) is 11.8 Å². The molecule has 0 aromatic carbocycles. The first-order valence-corrected chi connectivity index (χ1v) is 5.27. The van der Waals surface area contributed by atoms with Crippen LogP contribution >= 0.6 is 11.8 Å². The van der Waals surface area contributed by atoms with Gasteiger partial charge in [0.2, 0.25) is 0 Å². The van der Waals surface area contributed by atoms with Crippen molar-refractivity contribution in [3.05, 3.63) is 11.6 Å². The molecular formula is C8H11N3S. The van der Waals surface area contributed by atoms with Crippen LogP contribution in [0.25, 0.3) is 0 Å². The number of fused-ring (bicyclic) bond motifs is 1. The van der Waals surface area contributed by atoms with Gasteiger partial charge in [-0.25, -0.2) is 0 Å². The molecule has 0 amide bonds. The summed E-state index contributed by atoms with van der Waals surface area (Å²) in [4.78, 5) is 0. The van der Waals surface area contributed by atoms with Gasteiger partial charge in [-0.2, -0.15) is 0 Å². The number of aromatic nitrogens is 2. The van der Waals surface area contributed by atoms with Crippen LogP contribution in [-0.2, 0) is 6.42 Å². The van der Waals surface area contributed by atoms with Gasteiger partial charge in [-0.05, 0) is 30.7 Å². The van der Waals surface area contributed by atoms with E-state index >= 15 is 0 Å². The van der Waals surface area contributed by atoms with Crippen LogP contribution in [0.5, 0.6) is 0 Å². The van der Waals surface area contributed by atoms with Crippen molar-refractivity contribution in [3.63, 3.8) is 0 Å². The Hall–Kier alpha value is -0.770. The third kappa shape index (κ3) is 1.39. The number of hydrogen-bond acceptors (Lipinski definition) is 4. The lowest BCUT2D eigenvalue weighted by atomic mass is 10.1. The summed E-state index contributed by atoms with van der Waals surface area (Å²) in [6.07, 6.45) is 4.35. The first kappa shape index (κ1) is 7.86. The summed E-state index contributed by atoms with van der Waals surface area (Å²) in [7, 11) is 0. The predicted octanol–water partition coefficient (Wildman–Crippen LogP) is 1.56. The zero-order valence-corrected chi connectivity index (χ0v) is 7.82. The normalized spacial score (nSPS) is 15.1. The molecule has 2 rings (SSSR count). The highest BCUT2D eigenvalue weighted by Gasteiger charge is 2.10. The molecule has 12 heavy (non-hydrogen) atoms.